The Bertz CT molecular complexity index is 770. The second-order valence-corrected chi connectivity index (χ2v) is 6.61. The molecule has 0 fully saturated rings. The zero-order chi connectivity index (χ0) is 20.0. The topological polar surface area (TPSA) is 82.8 Å². The van der Waals surface area contributed by atoms with E-state index in [-0.39, 0.29) is 17.9 Å². The summed E-state index contributed by atoms with van der Waals surface area (Å²) in [6, 6.07) is 5.36. The van der Waals surface area contributed by atoms with E-state index in [1.54, 1.807) is 21.1 Å². The lowest BCUT2D eigenvalue weighted by Crippen LogP contribution is -2.28. The quantitative estimate of drug-likeness (QED) is 0.673. The number of aromatic nitrogens is 1. The summed E-state index contributed by atoms with van der Waals surface area (Å²) in [6.45, 7) is 8.54. The van der Waals surface area contributed by atoms with Crippen LogP contribution in [-0.4, -0.2) is 38.5 Å². The predicted octanol–water partition coefficient (Wildman–Crippen LogP) is 3.63. The monoisotopic (exact) mass is 376 g/mol. The van der Waals surface area contributed by atoms with Crippen LogP contribution < -0.4 is 14.8 Å². The van der Waals surface area contributed by atoms with E-state index < -0.39 is 0 Å². The summed E-state index contributed by atoms with van der Waals surface area (Å²) in [5.41, 5.74) is 1.99. The normalized spacial score (nSPS) is 12.1. The number of methoxy groups -OCH3 is 2. The molecule has 1 heterocycles. The van der Waals surface area contributed by atoms with Crippen LogP contribution in [0.5, 0.6) is 11.5 Å². The molecule has 27 heavy (non-hydrogen) atoms. The van der Waals surface area contributed by atoms with Gasteiger partial charge in [0.05, 0.1) is 25.5 Å². The van der Waals surface area contributed by atoms with Gasteiger partial charge >= 0.3 is 0 Å². The van der Waals surface area contributed by atoms with Gasteiger partial charge in [0.1, 0.15) is 12.2 Å². The van der Waals surface area contributed by atoms with Crippen LogP contribution >= 0.6 is 0 Å². The van der Waals surface area contributed by atoms with E-state index in [2.05, 4.69) is 10.5 Å². The third-order valence-electron chi connectivity index (χ3n) is 4.22. The highest BCUT2D eigenvalue weighted by molar-refractivity contribution is 5.96. The average molecular weight is 376 g/mol. The van der Waals surface area contributed by atoms with Crippen molar-refractivity contribution in [2.75, 3.05) is 27.4 Å². The smallest absolute Gasteiger partial charge is 0.257 e. The minimum atomic E-state index is -0.228. The molecule has 0 aliphatic heterocycles. The first-order chi connectivity index (χ1) is 12.9. The van der Waals surface area contributed by atoms with Crippen molar-refractivity contribution < 1.29 is 23.5 Å². The number of carbonyl (C=O) groups is 1. The summed E-state index contributed by atoms with van der Waals surface area (Å²) < 4.78 is 21.3. The molecule has 0 saturated carbocycles. The number of benzene rings is 1. The van der Waals surface area contributed by atoms with Gasteiger partial charge in [-0.1, -0.05) is 25.1 Å². The predicted molar refractivity (Wildman–Crippen MR) is 102 cm³/mol. The lowest BCUT2D eigenvalue weighted by atomic mass is 10.0. The van der Waals surface area contributed by atoms with E-state index in [1.165, 1.54) is 0 Å². The van der Waals surface area contributed by atoms with E-state index in [9.17, 15) is 4.79 Å². The fourth-order valence-electron chi connectivity index (χ4n) is 2.72. The van der Waals surface area contributed by atoms with Gasteiger partial charge in [0, 0.05) is 13.0 Å². The zero-order valence-electron chi connectivity index (χ0n) is 16.8. The maximum atomic E-state index is 12.8. The Hall–Kier alpha value is -2.54. The number of nitrogens with one attached hydrogen (secondary N) is 1. The van der Waals surface area contributed by atoms with Gasteiger partial charge in [-0.25, -0.2) is 0 Å². The number of rotatable bonds is 9. The molecule has 7 heteroatoms. The number of hydrogen-bond donors (Lipinski definition) is 1. The summed E-state index contributed by atoms with van der Waals surface area (Å²) in [5.74, 6) is 1.70. The molecule has 0 bridgehead atoms. The Labute approximate surface area is 160 Å². The summed E-state index contributed by atoms with van der Waals surface area (Å²) in [5, 5.41) is 6.93. The van der Waals surface area contributed by atoms with E-state index in [1.807, 2.05) is 39.0 Å². The Morgan fingerprint density at radius 2 is 1.93 bits per heavy atom. The van der Waals surface area contributed by atoms with Gasteiger partial charge in [0.2, 0.25) is 0 Å². The fourth-order valence-corrected chi connectivity index (χ4v) is 2.72. The number of aryl methyl sites for hydroxylation is 1. The zero-order valence-corrected chi connectivity index (χ0v) is 16.8. The van der Waals surface area contributed by atoms with Crippen LogP contribution in [0.15, 0.2) is 22.7 Å². The second kappa shape index (κ2) is 9.41. The highest BCUT2D eigenvalue weighted by atomic mass is 16.5. The van der Waals surface area contributed by atoms with Gasteiger partial charge < -0.3 is 24.1 Å². The van der Waals surface area contributed by atoms with Crippen molar-refractivity contribution in [2.24, 2.45) is 0 Å². The standard InChI is InChI=1S/C20H28N2O5/c1-12(2)19-18(14(4)22-27-19)20(23)21-13(3)15-7-8-16(17(11-15)25-6)26-10-9-24-5/h7-8,11-13H,9-10H2,1-6H3,(H,21,23). The lowest BCUT2D eigenvalue weighted by Gasteiger charge is -2.17. The molecule has 0 aliphatic rings. The molecule has 2 aromatic rings. The largest absolute Gasteiger partial charge is 0.493 e. The molecule has 1 amide bonds. The summed E-state index contributed by atoms with van der Waals surface area (Å²) >= 11 is 0. The van der Waals surface area contributed by atoms with Crippen LogP contribution in [0.2, 0.25) is 0 Å². The number of amides is 1. The minimum Gasteiger partial charge on any atom is -0.493 e. The van der Waals surface area contributed by atoms with Crippen LogP contribution in [0.4, 0.5) is 0 Å². The average Bonchev–Trinajstić information content (AvgIpc) is 3.04. The molecule has 0 saturated heterocycles. The van der Waals surface area contributed by atoms with Gasteiger partial charge in [-0.2, -0.15) is 0 Å². The molecule has 1 atom stereocenters. The summed E-state index contributed by atoms with van der Waals surface area (Å²) in [4.78, 5) is 12.8. The van der Waals surface area contributed by atoms with Crippen LogP contribution in [0, 0.1) is 6.92 Å². The molecule has 1 aromatic heterocycles. The Kier molecular flexibility index (Phi) is 7.24. The second-order valence-electron chi connectivity index (χ2n) is 6.61. The third-order valence-corrected chi connectivity index (χ3v) is 4.22. The van der Waals surface area contributed by atoms with Crippen LogP contribution in [-0.2, 0) is 4.74 Å². The SMILES string of the molecule is COCCOc1ccc(C(C)NC(=O)c2c(C)noc2C(C)C)cc1OC. The van der Waals surface area contributed by atoms with E-state index in [0.717, 1.165) is 5.56 Å². The third kappa shape index (κ3) is 5.01. The summed E-state index contributed by atoms with van der Waals surface area (Å²) in [6.07, 6.45) is 0. The first-order valence-corrected chi connectivity index (χ1v) is 8.95. The highest BCUT2D eigenvalue weighted by Gasteiger charge is 2.24. The molecule has 1 aromatic carbocycles. The van der Waals surface area contributed by atoms with Gasteiger partial charge in [-0.15, -0.1) is 0 Å². The molecular weight excluding hydrogens is 348 g/mol. The summed E-state index contributed by atoms with van der Waals surface area (Å²) in [7, 11) is 3.21. The van der Waals surface area contributed by atoms with Crippen molar-refractivity contribution in [3.8, 4) is 11.5 Å². The number of ether oxygens (including phenoxy) is 3. The molecule has 148 valence electrons. The number of nitrogens with zero attached hydrogens (tertiary/aromatic N) is 1. The highest BCUT2D eigenvalue weighted by Crippen LogP contribution is 2.31. The first-order valence-electron chi connectivity index (χ1n) is 8.95. The number of carbonyl (C=O) groups excluding carboxylic acids is 1. The Balaban J connectivity index is 2.14. The van der Waals surface area contributed by atoms with Crippen molar-refractivity contribution in [3.63, 3.8) is 0 Å². The van der Waals surface area contributed by atoms with Crippen LogP contribution in [0.3, 0.4) is 0 Å². The van der Waals surface area contributed by atoms with Gasteiger partial charge in [0.25, 0.3) is 5.91 Å². The van der Waals surface area contributed by atoms with Crippen molar-refractivity contribution in [1.29, 1.82) is 0 Å². The van der Waals surface area contributed by atoms with Crippen LogP contribution in [0.25, 0.3) is 0 Å². The van der Waals surface area contributed by atoms with Crippen molar-refractivity contribution in [1.82, 2.24) is 10.5 Å². The van der Waals surface area contributed by atoms with Crippen molar-refractivity contribution in [2.45, 2.75) is 39.7 Å². The molecular formula is C20H28N2O5. The van der Waals surface area contributed by atoms with E-state index in [4.69, 9.17) is 18.7 Å². The molecule has 1 unspecified atom stereocenters. The number of hydrogen-bond acceptors (Lipinski definition) is 6. The Morgan fingerprint density at radius 1 is 1.19 bits per heavy atom. The lowest BCUT2D eigenvalue weighted by molar-refractivity contribution is 0.0936. The maximum absolute atomic E-state index is 12.8. The molecule has 0 aliphatic carbocycles. The van der Waals surface area contributed by atoms with E-state index in [0.29, 0.717) is 41.7 Å². The Morgan fingerprint density at radius 3 is 2.56 bits per heavy atom. The molecule has 2 rings (SSSR count). The maximum Gasteiger partial charge on any atom is 0.257 e. The molecule has 0 spiro atoms. The molecule has 0 radical (unpaired) electrons. The fraction of sp³-hybridized carbons (Fsp3) is 0.500. The molecule has 7 nitrogen and oxygen atoms in total. The molecule has 1 N–H and O–H groups in total. The van der Waals surface area contributed by atoms with E-state index >= 15 is 0 Å². The van der Waals surface area contributed by atoms with Gasteiger partial charge in [-0.3, -0.25) is 4.79 Å². The first kappa shape index (κ1) is 20.8. The minimum absolute atomic E-state index is 0.0749. The van der Waals surface area contributed by atoms with Crippen LogP contribution in [0.1, 0.15) is 60.1 Å². The van der Waals surface area contributed by atoms with Crippen molar-refractivity contribution in [3.05, 3.63) is 40.8 Å². The van der Waals surface area contributed by atoms with Crippen molar-refractivity contribution >= 4 is 5.91 Å². The van der Waals surface area contributed by atoms with Gasteiger partial charge in [0.15, 0.2) is 17.3 Å². The van der Waals surface area contributed by atoms with Gasteiger partial charge in [-0.05, 0) is 31.5 Å².